The van der Waals surface area contributed by atoms with Crippen molar-refractivity contribution in [2.24, 2.45) is 0 Å². The van der Waals surface area contributed by atoms with Crippen molar-refractivity contribution in [3.63, 3.8) is 0 Å². The number of sulfonamides is 1. The lowest BCUT2D eigenvalue weighted by atomic mass is 10.0. The van der Waals surface area contributed by atoms with Crippen LogP contribution in [0.2, 0.25) is 0 Å². The van der Waals surface area contributed by atoms with Crippen molar-refractivity contribution in [2.45, 2.75) is 43.7 Å². The number of benzene rings is 1. The molecule has 3 N–H and O–H groups in total. The van der Waals surface area contributed by atoms with Gasteiger partial charge in [-0.05, 0) is 45.9 Å². The Morgan fingerprint density at radius 3 is 2.60 bits per heavy atom. The van der Waals surface area contributed by atoms with Crippen LogP contribution in [0.25, 0.3) is 0 Å². The second kappa shape index (κ2) is 5.71. The minimum absolute atomic E-state index is 0.108. The molecule has 0 saturated carbocycles. The van der Waals surface area contributed by atoms with Crippen LogP contribution in [0.15, 0.2) is 29.2 Å². The molecule has 0 radical (unpaired) electrons. The Bertz CT molecular complexity index is 564. The first kappa shape index (κ1) is 15.3. The van der Waals surface area contributed by atoms with E-state index in [1.165, 1.54) is 0 Å². The van der Waals surface area contributed by atoms with E-state index in [9.17, 15) is 8.42 Å². The summed E-state index contributed by atoms with van der Waals surface area (Å²) >= 11 is 0. The fraction of sp³-hybridized carbons (Fsp3) is 0.571. The van der Waals surface area contributed by atoms with Gasteiger partial charge >= 0.3 is 0 Å². The maximum absolute atomic E-state index is 12.4. The van der Waals surface area contributed by atoms with Gasteiger partial charge in [0.05, 0.1) is 5.69 Å². The summed E-state index contributed by atoms with van der Waals surface area (Å²) in [4.78, 5) is 0.307. The molecule has 1 atom stereocenters. The molecule has 1 aromatic rings. The molecule has 1 fully saturated rings. The third kappa shape index (κ3) is 3.50. The molecule has 0 spiro atoms. The topological polar surface area (TPSA) is 70.2 Å². The summed E-state index contributed by atoms with van der Waals surface area (Å²) in [6.07, 6.45) is 0.971. The number of hydrogen-bond donors (Lipinski definition) is 3. The molecule has 0 bridgehead atoms. The van der Waals surface area contributed by atoms with Gasteiger partial charge in [-0.25, -0.2) is 13.1 Å². The van der Waals surface area contributed by atoms with Crippen molar-refractivity contribution in [3.05, 3.63) is 24.3 Å². The number of anilines is 1. The van der Waals surface area contributed by atoms with E-state index >= 15 is 0 Å². The largest absolute Gasteiger partial charge is 0.377 e. The molecule has 1 aliphatic rings. The van der Waals surface area contributed by atoms with Crippen molar-refractivity contribution in [2.75, 3.05) is 18.4 Å². The van der Waals surface area contributed by atoms with E-state index in [4.69, 9.17) is 0 Å². The zero-order valence-electron chi connectivity index (χ0n) is 12.2. The highest BCUT2D eigenvalue weighted by Gasteiger charge is 2.30. The van der Waals surface area contributed by atoms with E-state index in [2.05, 4.69) is 22.3 Å². The molecule has 0 aromatic heterocycles. The molecule has 0 amide bonds. The maximum Gasteiger partial charge on any atom is 0.242 e. The van der Waals surface area contributed by atoms with E-state index in [1.807, 2.05) is 26.0 Å². The van der Waals surface area contributed by atoms with Crippen LogP contribution in [-0.4, -0.2) is 33.1 Å². The number of nitrogens with one attached hydrogen (secondary N) is 3. The van der Waals surface area contributed by atoms with Crippen molar-refractivity contribution in [3.8, 4) is 0 Å². The van der Waals surface area contributed by atoms with Gasteiger partial charge in [-0.1, -0.05) is 12.1 Å². The number of hydrogen-bond acceptors (Lipinski definition) is 4. The van der Waals surface area contributed by atoms with E-state index < -0.39 is 10.0 Å². The molecule has 1 aromatic carbocycles. The number of rotatable bonds is 5. The van der Waals surface area contributed by atoms with Gasteiger partial charge in [0, 0.05) is 18.1 Å². The Balaban J connectivity index is 2.31. The van der Waals surface area contributed by atoms with Crippen LogP contribution in [-0.2, 0) is 10.0 Å². The van der Waals surface area contributed by atoms with E-state index in [1.54, 1.807) is 12.1 Å². The van der Waals surface area contributed by atoms with Gasteiger partial charge in [0.15, 0.2) is 0 Å². The van der Waals surface area contributed by atoms with Crippen molar-refractivity contribution >= 4 is 15.7 Å². The Morgan fingerprint density at radius 1 is 1.30 bits per heavy atom. The molecule has 6 heteroatoms. The van der Waals surface area contributed by atoms with Gasteiger partial charge in [0.1, 0.15) is 4.90 Å². The first-order valence-corrected chi connectivity index (χ1v) is 8.41. The Labute approximate surface area is 121 Å². The summed E-state index contributed by atoms with van der Waals surface area (Å²) in [6.45, 7) is 7.51. The van der Waals surface area contributed by atoms with E-state index in [-0.39, 0.29) is 11.6 Å². The third-order valence-electron chi connectivity index (χ3n) is 3.37. The van der Waals surface area contributed by atoms with E-state index in [0.717, 1.165) is 19.5 Å². The highest BCUT2D eigenvalue weighted by molar-refractivity contribution is 7.89. The normalized spacial score (nSPS) is 23.2. The lowest BCUT2D eigenvalue weighted by Gasteiger charge is -2.27. The maximum atomic E-state index is 12.4. The Hall–Kier alpha value is -1.11. The van der Waals surface area contributed by atoms with Crippen LogP contribution in [0.5, 0.6) is 0 Å². The average molecular weight is 297 g/mol. The predicted octanol–water partition coefficient (Wildman–Crippen LogP) is 1.54. The van der Waals surface area contributed by atoms with Crippen LogP contribution < -0.4 is 15.4 Å². The molecule has 1 heterocycles. The predicted molar refractivity (Wildman–Crippen MR) is 81.4 cm³/mol. The highest BCUT2D eigenvalue weighted by atomic mass is 32.2. The van der Waals surface area contributed by atoms with Crippen LogP contribution in [0.1, 0.15) is 27.2 Å². The van der Waals surface area contributed by atoms with Crippen molar-refractivity contribution in [1.29, 1.82) is 0 Å². The van der Waals surface area contributed by atoms with Gasteiger partial charge in [0.2, 0.25) is 10.0 Å². The molecule has 1 aliphatic heterocycles. The van der Waals surface area contributed by atoms with Crippen LogP contribution in [0, 0.1) is 0 Å². The van der Waals surface area contributed by atoms with Crippen LogP contribution >= 0.6 is 0 Å². The Kier molecular flexibility index (Phi) is 4.36. The molecule has 20 heavy (non-hydrogen) atoms. The average Bonchev–Trinajstić information content (AvgIpc) is 2.74. The minimum Gasteiger partial charge on any atom is -0.377 e. The molecule has 112 valence electrons. The first-order chi connectivity index (χ1) is 9.32. The smallest absolute Gasteiger partial charge is 0.242 e. The van der Waals surface area contributed by atoms with Crippen molar-refractivity contribution < 1.29 is 8.42 Å². The molecule has 5 nitrogen and oxygen atoms in total. The van der Waals surface area contributed by atoms with Gasteiger partial charge in [0.25, 0.3) is 0 Å². The van der Waals surface area contributed by atoms with Crippen LogP contribution in [0.4, 0.5) is 5.69 Å². The fourth-order valence-electron chi connectivity index (χ4n) is 2.43. The highest BCUT2D eigenvalue weighted by Crippen LogP contribution is 2.27. The van der Waals surface area contributed by atoms with E-state index in [0.29, 0.717) is 10.6 Å². The molecule has 1 saturated heterocycles. The minimum atomic E-state index is -3.49. The van der Waals surface area contributed by atoms with Gasteiger partial charge in [-0.3, -0.25) is 0 Å². The second-order valence-corrected chi connectivity index (χ2v) is 7.57. The zero-order valence-corrected chi connectivity index (χ0v) is 13.0. The summed E-state index contributed by atoms with van der Waals surface area (Å²) in [5, 5.41) is 6.68. The van der Waals surface area contributed by atoms with Gasteiger partial charge in [-0.2, -0.15) is 0 Å². The summed E-state index contributed by atoms with van der Waals surface area (Å²) in [7, 11) is -3.49. The molecule has 1 unspecified atom stereocenters. The summed E-state index contributed by atoms with van der Waals surface area (Å²) in [5.74, 6) is 0. The Morgan fingerprint density at radius 2 is 2.00 bits per heavy atom. The fourth-order valence-corrected chi connectivity index (χ4v) is 3.84. The zero-order chi connectivity index (χ0) is 14.8. The lowest BCUT2D eigenvalue weighted by molar-refractivity contribution is 0.559. The molecule has 0 aliphatic carbocycles. The van der Waals surface area contributed by atoms with Crippen molar-refractivity contribution in [1.82, 2.24) is 10.0 Å². The van der Waals surface area contributed by atoms with Crippen LogP contribution in [0.3, 0.4) is 0 Å². The standard InChI is InChI=1S/C14H23N3O2S/c1-11(2)17-20(18,19)13-7-5-4-6-12(13)16-14(3)8-9-15-10-14/h4-7,11,15-17H,8-10H2,1-3H3. The summed E-state index contributed by atoms with van der Waals surface area (Å²) in [6, 6.07) is 6.92. The third-order valence-corrected chi connectivity index (χ3v) is 5.09. The molecular formula is C14H23N3O2S. The molecule has 2 rings (SSSR count). The van der Waals surface area contributed by atoms with Gasteiger partial charge in [-0.15, -0.1) is 0 Å². The summed E-state index contributed by atoms with van der Waals surface area (Å²) in [5.41, 5.74) is 0.551. The van der Waals surface area contributed by atoms with Gasteiger partial charge < -0.3 is 10.6 Å². The second-order valence-electron chi connectivity index (χ2n) is 5.88. The quantitative estimate of drug-likeness (QED) is 0.771. The monoisotopic (exact) mass is 297 g/mol. The lowest BCUT2D eigenvalue weighted by Crippen LogP contribution is -2.38. The SMILES string of the molecule is CC(C)NS(=O)(=O)c1ccccc1NC1(C)CCNC1. The number of para-hydroxylation sites is 1. The summed E-state index contributed by atoms with van der Waals surface area (Å²) < 4.78 is 27.4. The molecular weight excluding hydrogens is 274 g/mol. The first-order valence-electron chi connectivity index (χ1n) is 6.93.